The molecule has 0 aliphatic rings. The second-order valence-corrected chi connectivity index (χ2v) is 5.94. The largest absolute Gasteiger partial charge is 0.436 e. The molecule has 0 saturated heterocycles. The van der Waals surface area contributed by atoms with Crippen LogP contribution in [-0.2, 0) is 6.54 Å². The van der Waals surface area contributed by atoms with Crippen LogP contribution in [0.4, 0.5) is 0 Å². The van der Waals surface area contributed by atoms with Crippen LogP contribution in [0.1, 0.15) is 10.4 Å². The fourth-order valence-electron chi connectivity index (χ4n) is 2.73. The highest BCUT2D eigenvalue weighted by molar-refractivity contribution is 5.94. The molecule has 0 fully saturated rings. The van der Waals surface area contributed by atoms with E-state index >= 15 is 0 Å². The lowest BCUT2D eigenvalue weighted by molar-refractivity contribution is -0.683. The van der Waals surface area contributed by atoms with Gasteiger partial charge in [-0.1, -0.05) is 60.7 Å². The maximum Gasteiger partial charge on any atom is 0.227 e. The standard InChI is InChI=1S/C22H17N2O2/c25-20(17-7-3-1-4-8-17)16-24-13-11-19(12-14-24)22-23-15-21(26-22)18-9-5-2-6-10-18/h1-15H,16H2/q+1. The van der Waals surface area contributed by atoms with Gasteiger partial charge >= 0.3 is 0 Å². The van der Waals surface area contributed by atoms with Gasteiger partial charge < -0.3 is 4.42 Å². The topological polar surface area (TPSA) is 47.0 Å². The van der Waals surface area contributed by atoms with Gasteiger partial charge in [0.1, 0.15) is 0 Å². The first-order valence-electron chi connectivity index (χ1n) is 8.38. The Kier molecular flexibility index (Phi) is 4.39. The van der Waals surface area contributed by atoms with Crippen molar-refractivity contribution in [1.29, 1.82) is 0 Å². The van der Waals surface area contributed by atoms with E-state index in [-0.39, 0.29) is 5.78 Å². The van der Waals surface area contributed by atoms with E-state index in [1.165, 1.54) is 0 Å². The average molecular weight is 341 g/mol. The van der Waals surface area contributed by atoms with E-state index < -0.39 is 0 Å². The predicted octanol–water partition coefficient (Wildman–Crippen LogP) is 4.18. The van der Waals surface area contributed by atoms with Crippen LogP contribution in [0.25, 0.3) is 22.8 Å². The van der Waals surface area contributed by atoms with Gasteiger partial charge in [0.25, 0.3) is 0 Å². The highest BCUT2D eigenvalue weighted by Crippen LogP contribution is 2.25. The van der Waals surface area contributed by atoms with Crippen LogP contribution in [0.5, 0.6) is 0 Å². The maximum atomic E-state index is 12.3. The molecule has 0 N–H and O–H groups in total. The van der Waals surface area contributed by atoms with Crippen molar-refractivity contribution < 1.29 is 13.8 Å². The first-order valence-corrected chi connectivity index (χ1v) is 8.38. The Morgan fingerprint density at radius 2 is 1.50 bits per heavy atom. The van der Waals surface area contributed by atoms with E-state index in [1.807, 2.05) is 89.8 Å². The quantitative estimate of drug-likeness (QED) is 0.404. The normalized spacial score (nSPS) is 10.6. The number of hydrogen-bond donors (Lipinski definition) is 0. The Morgan fingerprint density at radius 3 is 2.19 bits per heavy atom. The van der Waals surface area contributed by atoms with Gasteiger partial charge in [-0.15, -0.1) is 0 Å². The molecule has 0 atom stereocenters. The van der Waals surface area contributed by atoms with Crippen molar-refractivity contribution in [3.05, 3.63) is 97.0 Å². The van der Waals surface area contributed by atoms with Crippen LogP contribution in [0.15, 0.2) is 95.8 Å². The van der Waals surface area contributed by atoms with Gasteiger partial charge in [-0.05, 0) is 0 Å². The number of carbonyl (C=O) groups is 1. The Bertz CT molecular complexity index is 1010. The summed E-state index contributed by atoms with van der Waals surface area (Å²) in [6, 6.07) is 23.0. The van der Waals surface area contributed by atoms with Crippen molar-refractivity contribution in [2.75, 3.05) is 0 Å². The van der Waals surface area contributed by atoms with Gasteiger partial charge in [-0.3, -0.25) is 4.79 Å². The zero-order chi connectivity index (χ0) is 17.8. The summed E-state index contributed by atoms with van der Waals surface area (Å²) in [5.41, 5.74) is 2.57. The summed E-state index contributed by atoms with van der Waals surface area (Å²) < 4.78 is 7.71. The molecule has 2 aromatic heterocycles. The Morgan fingerprint density at radius 1 is 0.846 bits per heavy atom. The molecule has 0 aliphatic carbocycles. The van der Waals surface area contributed by atoms with Crippen molar-refractivity contribution >= 4 is 5.78 Å². The van der Waals surface area contributed by atoms with Crippen molar-refractivity contribution in [1.82, 2.24) is 4.98 Å². The third kappa shape index (κ3) is 3.44. The summed E-state index contributed by atoms with van der Waals surface area (Å²) in [5.74, 6) is 1.37. The predicted molar refractivity (Wildman–Crippen MR) is 98.3 cm³/mol. The van der Waals surface area contributed by atoms with Crippen LogP contribution in [0.3, 0.4) is 0 Å². The van der Waals surface area contributed by atoms with E-state index in [1.54, 1.807) is 6.20 Å². The number of Topliss-reactive ketones (excluding diaryl/α,β-unsaturated/α-hetero) is 1. The number of rotatable bonds is 5. The summed E-state index contributed by atoms with van der Waals surface area (Å²) in [6.45, 7) is 0.297. The summed E-state index contributed by atoms with van der Waals surface area (Å²) >= 11 is 0. The molecule has 0 bridgehead atoms. The molecule has 2 heterocycles. The number of ketones is 1. The minimum absolute atomic E-state index is 0.0748. The number of hydrogen-bond acceptors (Lipinski definition) is 3. The van der Waals surface area contributed by atoms with E-state index in [9.17, 15) is 4.79 Å². The third-order valence-corrected chi connectivity index (χ3v) is 4.12. The number of aromatic nitrogens is 2. The van der Waals surface area contributed by atoms with Crippen molar-refractivity contribution in [3.63, 3.8) is 0 Å². The van der Waals surface area contributed by atoms with Gasteiger partial charge in [0.15, 0.2) is 18.2 Å². The third-order valence-electron chi connectivity index (χ3n) is 4.12. The molecule has 4 rings (SSSR count). The zero-order valence-electron chi connectivity index (χ0n) is 14.1. The Labute approximate surface area is 151 Å². The fraction of sp³-hybridized carbons (Fsp3) is 0.0455. The first kappa shape index (κ1) is 16.0. The molecule has 0 spiro atoms. The molecule has 0 saturated carbocycles. The molecule has 4 aromatic rings. The first-order chi connectivity index (χ1) is 12.8. The van der Waals surface area contributed by atoms with Gasteiger partial charge in [0.2, 0.25) is 18.2 Å². The highest BCUT2D eigenvalue weighted by Gasteiger charge is 2.13. The summed E-state index contributed by atoms with van der Waals surface area (Å²) in [6.07, 6.45) is 5.45. The molecular formula is C22H17N2O2+. The number of nitrogens with zero attached hydrogens (tertiary/aromatic N) is 2. The molecule has 0 radical (unpaired) electrons. The maximum absolute atomic E-state index is 12.3. The molecule has 4 nitrogen and oxygen atoms in total. The summed E-state index contributed by atoms with van der Waals surface area (Å²) in [5, 5.41) is 0. The van der Waals surface area contributed by atoms with Crippen molar-refractivity contribution in [2.45, 2.75) is 6.54 Å². The second-order valence-electron chi connectivity index (χ2n) is 5.94. The van der Waals surface area contributed by atoms with Gasteiger partial charge in [-0.2, -0.15) is 4.57 Å². The molecular weight excluding hydrogens is 324 g/mol. The van der Waals surface area contributed by atoms with Crippen LogP contribution in [0.2, 0.25) is 0 Å². The van der Waals surface area contributed by atoms with E-state index in [2.05, 4.69) is 4.98 Å². The van der Waals surface area contributed by atoms with Gasteiger partial charge in [-0.25, -0.2) is 4.98 Å². The highest BCUT2D eigenvalue weighted by atomic mass is 16.4. The summed E-state index contributed by atoms with van der Waals surface area (Å²) in [7, 11) is 0. The SMILES string of the molecule is O=C(C[n+]1ccc(-c2ncc(-c3ccccc3)o2)cc1)c1ccccc1. The van der Waals surface area contributed by atoms with Crippen molar-refractivity contribution in [3.8, 4) is 22.8 Å². The number of oxazole rings is 1. The van der Waals surface area contributed by atoms with Crippen LogP contribution in [0, 0.1) is 0 Å². The molecule has 2 aromatic carbocycles. The number of pyridine rings is 1. The molecule has 0 amide bonds. The molecule has 26 heavy (non-hydrogen) atoms. The van der Waals surface area contributed by atoms with Crippen LogP contribution >= 0.6 is 0 Å². The number of carbonyl (C=O) groups excluding carboxylic acids is 1. The number of benzene rings is 2. The van der Waals surface area contributed by atoms with Crippen LogP contribution < -0.4 is 4.57 Å². The van der Waals surface area contributed by atoms with Gasteiger partial charge in [0.05, 0.1) is 6.20 Å². The molecule has 0 unspecified atom stereocenters. The summed E-state index contributed by atoms with van der Waals surface area (Å²) in [4.78, 5) is 16.6. The van der Waals surface area contributed by atoms with E-state index in [4.69, 9.17) is 4.42 Å². The minimum Gasteiger partial charge on any atom is -0.436 e. The Balaban J connectivity index is 1.50. The fourth-order valence-corrected chi connectivity index (χ4v) is 2.73. The van der Waals surface area contributed by atoms with Gasteiger partial charge in [0, 0.05) is 28.8 Å². The Hall–Kier alpha value is -3.53. The van der Waals surface area contributed by atoms with Crippen molar-refractivity contribution in [2.24, 2.45) is 0 Å². The lowest BCUT2D eigenvalue weighted by Crippen LogP contribution is -2.37. The smallest absolute Gasteiger partial charge is 0.227 e. The van der Waals surface area contributed by atoms with E-state index in [0.29, 0.717) is 18.0 Å². The average Bonchev–Trinajstić information content (AvgIpc) is 3.20. The molecule has 126 valence electrons. The van der Waals surface area contributed by atoms with Crippen LogP contribution in [-0.4, -0.2) is 10.8 Å². The monoisotopic (exact) mass is 341 g/mol. The molecule has 0 aliphatic heterocycles. The molecule has 4 heteroatoms. The van der Waals surface area contributed by atoms with E-state index in [0.717, 1.165) is 16.9 Å². The lowest BCUT2D eigenvalue weighted by atomic mass is 10.1. The minimum atomic E-state index is 0.0748. The zero-order valence-corrected chi connectivity index (χ0v) is 14.1. The lowest BCUT2D eigenvalue weighted by Gasteiger charge is -1.99. The second kappa shape index (κ2) is 7.15.